The molecule has 2 aliphatic rings. The van der Waals surface area contributed by atoms with Crippen LogP contribution in [0, 0.1) is 0 Å². The lowest BCUT2D eigenvalue weighted by Gasteiger charge is -2.35. The maximum atomic E-state index is 4.79. The van der Waals surface area contributed by atoms with Gasteiger partial charge >= 0.3 is 0 Å². The fraction of sp³-hybridized carbons (Fsp3) is 0.438. The van der Waals surface area contributed by atoms with E-state index in [9.17, 15) is 0 Å². The molecule has 1 saturated carbocycles. The van der Waals surface area contributed by atoms with Crippen molar-refractivity contribution in [2.24, 2.45) is 0 Å². The van der Waals surface area contributed by atoms with Crippen molar-refractivity contribution in [3.63, 3.8) is 0 Å². The Bertz CT molecular complexity index is 589. The Morgan fingerprint density at radius 3 is 2.40 bits per heavy atom. The van der Waals surface area contributed by atoms with Gasteiger partial charge in [-0.05, 0) is 31.0 Å². The number of anilines is 1. The van der Waals surface area contributed by atoms with E-state index in [1.54, 1.807) is 0 Å². The standard InChI is InChI=1S/C16H19N3.ClH/c1-2-4-15-13(3-1)5-8-16(17-15)19-11-9-18(10-12-19)14-6-7-14;/h1-5,8,14H,6-7,9-12H2;1H. The minimum atomic E-state index is 0. The molecular weight excluding hydrogens is 270 g/mol. The molecule has 0 bridgehead atoms. The molecule has 1 saturated heterocycles. The SMILES string of the molecule is Cl.c1ccc2nc(N3CCN(C4CC4)CC3)ccc2c1. The predicted molar refractivity (Wildman–Crippen MR) is 85.8 cm³/mol. The fourth-order valence-corrected chi connectivity index (χ4v) is 2.99. The topological polar surface area (TPSA) is 19.4 Å². The van der Waals surface area contributed by atoms with E-state index in [4.69, 9.17) is 4.98 Å². The molecule has 1 aliphatic heterocycles. The lowest BCUT2D eigenvalue weighted by molar-refractivity contribution is 0.247. The smallest absolute Gasteiger partial charge is 0.129 e. The second kappa shape index (κ2) is 5.58. The maximum absolute atomic E-state index is 4.79. The molecule has 2 heterocycles. The second-order valence-corrected chi connectivity index (χ2v) is 5.62. The molecule has 3 nitrogen and oxygen atoms in total. The van der Waals surface area contributed by atoms with Crippen LogP contribution in [0.1, 0.15) is 12.8 Å². The Hall–Kier alpha value is -1.32. The van der Waals surface area contributed by atoms with Crippen molar-refractivity contribution in [3.8, 4) is 0 Å². The summed E-state index contributed by atoms with van der Waals surface area (Å²) in [6.07, 6.45) is 2.82. The molecule has 20 heavy (non-hydrogen) atoms. The molecule has 2 fully saturated rings. The number of halogens is 1. The number of piperazine rings is 1. The third-order valence-corrected chi connectivity index (χ3v) is 4.29. The maximum Gasteiger partial charge on any atom is 0.129 e. The number of pyridine rings is 1. The molecule has 4 rings (SSSR count). The average Bonchev–Trinajstić information content (AvgIpc) is 3.32. The van der Waals surface area contributed by atoms with Crippen molar-refractivity contribution < 1.29 is 0 Å². The van der Waals surface area contributed by atoms with Crippen molar-refractivity contribution >= 4 is 29.1 Å². The lowest BCUT2D eigenvalue weighted by Crippen LogP contribution is -2.47. The molecular formula is C16H20ClN3. The zero-order valence-corrected chi connectivity index (χ0v) is 12.4. The zero-order valence-electron chi connectivity index (χ0n) is 11.5. The van der Waals surface area contributed by atoms with Crippen LogP contribution in [0.5, 0.6) is 0 Å². The number of hydrogen-bond donors (Lipinski definition) is 0. The van der Waals surface area contributed by atoms with Gasteiger partial charge in [0.25, 0.3) is 0 Å². The number of fused-ring (bicyclic) bond motifs is 1. The summed E-state index contributed by atoms with van der Waals surface area (Å²) in [5.74, 6) is 1.13. The van der Waals surface area contributed by atoms with E-state index in [2.05, 4.69) is 46.2 Å². The first-order chi connectivity index (χ1) is 9.40. The minimum Gasteiger partial charge on any atom is -0.354 e. The largest absolute Gasteiger partial charge is 0.354 e. The molecule has 0 N–H and O–H groups in total. The van der Waals surface area contributed by atoms with Crippen LogP contribution in [0.15, 0.2) is 36.4 Å². The Balaban J connectivity index is 0.00000121. The summed E-state index contributed by atoms with van der Waals surface area (Å²) in [4.78, 5) is 9.85. The van der Waals surface area contributed by atoms with E-state index < -0.39 is 0 Å². The summed E-state index contributed by atoms with van der Waals surface area (Å²) in [5, 5.41) is 1.22. The molecule has 1 aromatic carbocycles. The third kappa shape index (κ3) is 2.60. The van der Waals surface area contributed by atoms with Gasteiger partial charge in [-0.1, -0.05) is 18.2 Å². The first-order valence-electron chi connectivity index (χ1n) is 7.25. The molecule has 0 amide bonds. The Kier molecular flexibility index (Phi) is 3.81. The Morgan fingerprint density at radius 1 is 0.900 bits per heavy atom. The number of para-hydroxylation sites is 1. The number of hydrogen-bond acceptors (Lipinski definition) is 3. The van der Waals surface area contributed by atoms with E-state index in [0.717, 1.165) is 30.5 Å². The summed E-state index contributed by atoms with van der Waals surface area (Å²) in [5.41, 5.74) is 1.10. The van der Waals surface area contributed by atoms with E-state index in [1.165, 1.54) is 31.3 Å². The van der Waals surface area contributed by atoms with Crippen molar-refractivity contribution in [1.29, 1.82) is 0 Å². The molecule has 4 heteroatoms. The average molecular weight is 290 g/mol. The highest BCUT2D eigenvalue weighted by atomic mass is 35.5. The summed E-state index contributed by atoms with van der Waals surface area (Å²) in [7, 11) is 0. The van der Waals surface area contributed by atoms with Gasteiger partial charge in [0.1, 0.15) is 5.82 Å². The van der Waals surface area contributed by atoms with E-state index in [1.807, 2.05) is 0 Å². The van der Waals surface area contributed by atoms with Crippen LogP contribution in [-0.4, -0.2) is 42.1 Å². The number of rotatable bonds is 2. The monoisotopic (exact) mass is 289 g/mol. The van der Waals surface area contributed by atoms with Gasteiger partial charge in [-0.25, -0.2) is 4.98 Å². The molecule has 0 atom stereocenters. The highest BCUT2D eigenvalue weighted by Crippen LogP contribution is 2.28. The molecule has 0 spiro atoms. The highest BCUT2D eigenvalue weighted by molar-refractivity contribution is 5.85. The molecule has 0 radical (unpaired) electrons. The molecule has 1 aromatic heterocycles. The lowest BCUT2D eigenvalue weighted by atomic mass is 10.2. The summed E-state index contributed by atoms with van der Waals surface area (Å²) >= 11 is 0. The van der Waals surface area contributed by atoms with E-state index >= 15 is 0 Å². The summed E-state index contributed by atoms with van der Waals surface area (Å²) < 4.78 is 0. The molecule has 0 unspecified atom stereocenters. The van der Waals surface area contributed by atoms with Gasteiger partial charge < -0.3 is 4.90 Å². The van der Waals surface area contributed by atoms with Crippen LogP contribution >= 0.6 is 12.4 Å². The van der Waals surface area contributed by atoms with Crippen molar-refractivity contribution in [3.05, 3.63) is 36.4 Å². The van der Waals surface area contributed by atoms with Crippen LogP contribution in [0.4, 0.5) is 5.82 Å². The quantitative estimate of drug-likeness (QED) is 0.847. The van der Waals surface area contributed by atoms with Gasteiger partial charge in [0.2, 0.25) is 0 Å². The second-order valence-electron chi connectivity index (χ2n) is 5.62. The van der Waals surface area contributed by atoms with Gasteiger partial charge in [-0.15, -0.1) is 12.4 Å². The number of aromatic nitrogens is 1. The van der Waals surface area contributed by atoms with E-state index in [0.29, 0.717) is 0 Å². The third-order valence-electron chi connectivity index (χ3n) is 4.29. The van der Waals surface area contributed by atoms with Gasteiger partial charge in [0, 0.05) is 37.6 Å². The summed E-state index contributed by atoms with van der Waals surface area (Å²) in [6.45, 7) is 4.61. The number of nitrogens with zero attached hydrogens (tertiary/aromatic N) is 3. The van der Waals surface area contributed by atoms with Gasteiger partial charge in [0.05, 0.1) is 5.52 Å². The van der Waals surface area contributed by atoms with E-state index in [-0.39, 0.29) is 12.4 Å². The van der Waals surface area contributed by atoms with Gasteiger partial charge in [0.15, 0.2) is 0 Å². The fourth-order valence-electron chi connectivity index (χ4n) is 2.99. The normalized spacial score (nSPS) is 19.9. The first-order valence-corrected chi connectivity index (χ1v) is 7.25. The van der Waals surface area contributed by atoms with Crippen molar-refractivity contribution in [2.45, 2.75) is 18.9 Å². The zero-order chi connectivity index (χ0) is 12.7. The Morgan fingerprint density at radius 2 is 1.65 bits per heavy atom. The van der Waals surface area contributed by atoms with Crippen LogP contribution < -0.4 is 4.90 Å². The minimum absolute atomic E-state index is 0. The first kappa shape index (κ1) is 13.7. The van der Waals surface area contributed by atoms with Crippen LogP contribution in [-0.2, 0) is 0 Å². The van der Waals surface area contributed by atoms with Crippen LogP contribution in [0.25, 0.3) is 10.9 Å². The van der Waals surface area contributed by atoms with Crippen LogP contribution in [0.2, 0.25) is 0 Å². The number of benzene rings is 1. The van der Waals surface area contributed by atoms with Crippen molar-refractivity contribution in [2.75, 3.05) is 31.1 Å². The van der Waals surface area contributed by atoms with Gasteiger partial charge in [-0.3, -0.25) is 4.90 Å². The molecule has 2 aromatic rings. The predicted octanol–water partition coefficient (Wildman–Crippen LogP) is 2.94. The van der Waals surface area contributed by atoms with Gasteiger partial charge in [-0.2, -0.15) is 0 Å². The summed E-state index contributed by atoms with van der Waals surface area (Å²) in [6, 6.07) is 13.6. The van der Waals surface area contributed by atoms with Crippen molar-refractivity contribution in [1.82, 2.24) is 9.88 Å². The Labute approximate surface area is 126 Å². The molecule has 1 aliphatic carbocycles. The molecule has 106 valence electrons. The van der Waals surface area contributed by atoms with Crippen LogP contribution in [0.3, 0.4) is 0 Å². The highest BCUT2D eigenvalue weighted by Gasteiger charge is 2.31.